The summed E-state index contributed by atoms with van der Waals surface area (Å²) in [5.41, 5.74) is -0.673. The SMILES string of the molecule is CN(C)S(=O)(=O)c1ccc(C(=O)Nc2cnn(C(C)(C)C(=O)O)c2)cc1. The number of benzene rings is 1. The molecule has 1 amide bonds. The first-order valence-electron chi connectivity index (χ1n) is 7.59. The molecule has 0 aliphatic rings. The van der Waals surface area contributed by atoms with Crippen molar-refractivity contribution in [2.24, 2.45) is 0 Å². The first-order valence-corrected chi connectivity index (χ1v) is 9.03. The topological polar surface area (TPSA) is 122 Å². The quantitative estimate of drug-likeness (QED) is 0.777. The molecule has 26 heavy (non-hydrogen) atoms. The Bertz CT molecular complexity index is 930. The van der Waals surface area contributed by atoms with Crippen molar-refractivity contribution in [3.8, 4) is 0 Å². The molecule has 1 aromatic heterocycles. The molecule has 10 heteroatoms. The van der Waals surface area contributed by atoms with Gasteiger partial charge in [0.2, 0.25) is 10.0 Å². The number of carbonyl (C=O) groups excluding carboxylic acids is 1. The molecule has 0 unspecified atom stereocenters. The molecule has 0 radical (unpaired) electrons. The van der Waals surface area contributed by atoms with Gasteiger partial charge in [-0.25, -0.2) is 17.5 Å². The zero-order valence-corrected chi connectivity index (χ0v) is 15.6. The van der Waals surface area contributed by atoms with E-state index >= 15 is 0 Å². The van der Waals surface area contributed by atoms with Gasteiger partial charge in [0, 0.05) is 25.9 Å². The largest absolute Gasteiger partial charge is 0.479 e. The number of sulfonamides is 1. The molecule has 2 N–H and O–H groups in total. The van der Waals surface area contributed by atoms with Gasteiger partial charge in [-0.2, -0.15) is 5.10 Å². The van der Waals surface area contributed by atoms with E-state index in [2.05, 4.69) is 10.4 Å². The van der Waals surface area contributed by atoms with Crippen LogP contribution in [0.1, 0.15) is 24.2 Å². The molecule has 9 nitrogen and oxygen atoms in total. The lowest BCUT2D eigenvalue weighted by atomic mass is 10.1. The van der Waals surface area contributed by atoms with Crippen molar-refractivity contribution in [3.05, 3.63) is 42.2 Å². The molecule has 140 valence electrons. The molecule has 0 bridgehead atoms. The zero-order valence-electron chi connectivity index (χ0n) is 14.8. The van der Waals surface area contributed by atoms with E-state index in [0.717, 1.165) is 4.31 Å². The summed E-state index contributed by atoms with van der Waals surface area (Å²) in [7, 11) is -0.721. The van der Waals surface area contributed by atoms with Gasteiger partial charge < -0.3 is 10.4 Å². The highest BCUT2D eigenvalue weighted by Gasteiger charge is 2.30. The van der Waals surface area contributed by atoms with Crippen LogP contribution in [0.2, 0.25) is 0 Å². The Labute approximate surface area is 151 Å². The maximum atomic E-state index is 12.3. The molecular weight excluding hydrogens is 360 g/mol. The summed E-state index contributed by atoms with van der Waals surface area (Å²) in [6.07, 6.45) is 2.75. The molecule has 0 fully saturated rings. The third-order valence-corrected chi connectivity index (χ3v) is 5.66. The van der Waals surface area contributed by atoms with Gasteiger partial charge in [0.15, 0.2) is 5.54 Å². The van der Waals surface area contributed by atoms with Gasteiger partial charge in [-0.1, -0.05) is 0 Å². The fraction of sp³-hybridized carbons (Fsp3) is 0.312. The second-order valence-electron chi connectivity index (χ2n) is 6.30. The van der Waals surface area contributed by atoms with Crippen molar-refractivity contribution >= 4 is 27.6 Å². The molecule has 0 aliphatic heterocycles. The maximum absolute atomic E-state index is 12.3. The Hall–Kier alpha value is -2.72. The minimum absolute atomic E-state index is 0.0788. The first-order chi connectivity index (χ1) is 12.0. The number of carbonyl (C=O) groups is 2. The van der Waals surface area contributed by atoms with Gasteiger partial charge >= 0.3 is 5.97 Å². The van der Waals surface area contributed by atoms with Crippen molar-refractivity contribution in [1.82, 2.24) is 14.1 Å². The molecule has 2 rings (SSSR count). The van der Waals surface area contributed by atoms with Crippen LogP contribution in [0, 0.1) is 0 Å². The Balaban J connectivity index is 2.17. The second-order valence-corrected chi connectivity index (χ2v) is 8.46. The Morgan fingerprint density at radius 2 is 1.77 bits per heavy atom. The van der Waals surface area contributed by atoms with E-state index in [9.17, 15) is 23.1 Å². The van der Waals surface area contributed by atoms with Gasteiger partial charge in [0.05, 0.1) is 16.8 Å². The lowest BCUT2D eigenvalue weighted by Gasteiger charge is -2.19. The molecule has 0 aliphatic carbocycles. The minimum Gasteiger partial charge on any atom is -0.479 e. The summed E-state index contributed by atoms with van der Waals surface area (Å²) in [5.74, 6) is -1.53. The lowest BCUT2D eigenvalue weighted by molar-refractivity contribution is -0.146. The third kappa shape index (κ3) is 3.75. The van der Waals surface area contributed by atoms with E-state index in [1.807, 2.05) is 0 Å². The average molecular weight is 380 g/mol. The van der Waals surface area contributed by atoms with Crippen molar-refractivity contribution in [1.29, 1.82) is 0 Å². The van der Waals surface area contributed by atoms with Gasteiger partial charge in [-0.05, 0) is 38.1 Å². The van der Waals surface area contributed by atoms with E-state index in [-0.39, 0.29) is 10.5 Å². The predicted molar refractivity (Wildman–Crippen MR) is 94.5 cm³/mol. The maximum Gasteiger partial charge on any atom is 0.331 e. The number of nitrogens with zero attached hydrogens (tertiary/aromatic N) is 3. The number of aromatic nitrogens is 2. The fourth-order valence-electron chi connectivity index (χ4n) is 1.98. The first kappa shape index (κ1) is 19.6. The summed E-state index contributed by atoms with van der Waals surface area (Å²) < 4.78 is 26.4. The summed E-state index contributed by atoms with van der Waals surface area (Å²) in [6.45, 7) is 2.97. The summed E-state index contributed by atoms with van der Waals surface area (Å²) in [5, 5.41) is 15.7. The average Bonchev–Trinajstić information content (AvgIpc) is 3.03. The molecule has 1 aromatic carbocycles. The monoisotopic (exact) mass is 380 g/mol. The lowest BCUT2D eigenvalue weighted by Crippen LogP contribution is -2.35. The van der Waals surface area contributed by atoms with E-state index in [1.54, 1.807) is 0 Å². The molecule has 0 saturated heterocycles. The summed E-state index contributed by atoms with van der Waals surface area (Å²) in [6, 6.07) is 5.50. The molecule has 0 spiro atoms. The standard InChI is InChI=1S/C16H20N4O5S/c1-16(2,15(22)23)20-10-12(9-17-20)18-14(21)11-5-7-13(8-6-11)26(24,25)19(3)4/h5-10H,1-4H3,(H,18,21)(H,22,23). The van der Waals surface area contributed by atoms with Crippen LogP contribution in [0.25, 0.3) is 0 Å². The van der Waals surface area contributed by atoms with E-state index in [0.29, 0.717) is 5.69 Å². The van der Waals surface area contributed by atoms with Crippen molar-refractivity contribution < 1.29 is 23.1 Å². The number of carboxylic acid groups (broad SMARTS) is 1. The number of rotatable bonds is 6. The van der Waals surface area contributed by atoms with E-state index < -0.39 is 27.4 Å². The highest BCUT2D eigenvalue weighted by molar-refractivity contribution is 7.89. The third-order valence-electron chi connectivity index (χ3n) is 3.83. The van der Waals surface area contributed by atoms with Crippen LogP contribution in [0.4, 0.5) is 5.69 Å². The molecule has 0 atom stereocenters. The van der Waals surface area contributed by atoms with Crippen LogP contribution in [-0.4, -0.2) is 53.6 Å². The van der Waals surface area contributed by atoms with Crippen LogP contribution < -0.4 is 5.32 Å². The normalized spacial score (nSPS) is 12.2. The Morgan fingerprint density at radius 3 is 2.27 bits per heavy atom. The van der Waals surface area contributed by atoms with Gasteiger partial charge in [-0.3, -0.25) is 9.48 Å². The fourth-order valence-corrected chi connectivity index (χ4v) is 2.89. The van der Waals surface area contributed by atoms with Crippen LogP contribution in [-0.2, 0) is 20.4 Å². The van der Waals surface area contributed by atoms with Crippen molar-refractivity contribution in [2.75, 3.05) is 19.4 Å². The molecule has 1 heterocycles. The highest BCUT2D eigenvalue weighted by atomic mass is 32.2. The number of hydrogen-bond acceptors (Lipinski definition) is 5. The van der Waals surface area contributed by atoms with Crippen LogP contribution in [0.15, 0.2) is 41.6 Å². The number of aliphatic carboxylic acids is 1. The van der Waals surface area contributed by atoms with Crippen molar-refractivity contribution in [2.45, 2.75) is 24.3 Å². The Kier molecular flexibility index (Phi) is 5.19. The number of carboxylic acids is 1. The summed E-state index contributed by atoms with van der Waals surface area (Å²) >= 11 is 0. The highest BCUT2D eigenvalue weighted by Crippen LogP contribution is 2.19. The van der Waals surface area contributed by atoms with Crippen molar-refractivity contribution in [3.63, 3.8) is 0 Å². The van der Waals surface area contributed by atoms with Gasteiger partial charge in [-0.15, -0.1) is 0 Å². The minimum atomic E-state index is -3.57. The van der Waals surface area contributed by atoms with Crippen LogP contribution >= 0.6 is 0 Å². The van der Waals surface area contributed by atoms with E-state index in [1.165, 1.54) is 69.3 Å². The smallest absolute Gasteiger partial charge is 0.331 e. The van der Waals surface area contributed by atoms with Gasteiger partial charge in [0.1, 0.15) is 0 Å². The van der Waals surface area contributed by atoms with Gasteiger partial charge in [0.25, 0.3) is 5.91 Å². The van der Waals surface area contributed by atoms with Crippen LogP contribution in [0.3, 0.4) is 0 Å². The molecule has 2 aromatic rings. The second kappa shape index (κ2) is 6.89. The molecular formula is C16H20N4O5S. The predicted octanol–water partition coefficient (Wildman–Crippen LogP) is 1.21. The number of anilines is 1. The number of hydrogen-bond donors (Lipinski definition) is 2. The Morgan fingerprint density at radius 1 is 1.19 bits per heavy atom. The molecule has 0 saturated carbocycles. The van der Waals surface area contributed by atoms with E-state index in [4.69, 9.17) is 0 Å². The number of nitrogens with one attached hydrogen (secondary N) is 1. The zero-order chi connectivity index (χ0) is 19.7. The van der Waals surface area contributed by atoms with Crippen LogP contribution in [0.5, 0.6) is 0 Å². The number of amides is 1. The summed E-state index contributed by atoms with van der Waals surface area (Å²) in [4.78, 5) is 23.6.